The van der Waals surface area contributed by atoms with Crippen LogP contribution >= 0.6 is 11.6 Å². The Kier molecular flexibility index (Phi) is 4.64. The van der Waals surface area contributed by atoms with E-state index in [1.54, 1.807) is 0 Å². The van der Waals surface area contributed by atoms with Crippen LogP contribution in [-0.4, -0.2) is 16.6 Å². The van der Waals surface area contributed by atoms with Crippen LogP contribution in [0.25, 0.3) is 0 Å². The molecule has 0 unspecified atom stereocenters. The normalized spacial score (nSPS) is 11.8. The van der Waals surface area contributed by atoms with Crippen molar-refractivity contribution in [1.82, 2.24) is 4.98 Å². The van der Waals surface area contributed by atoms with Gasteiger partial charge in [-0.3, -0.25) is 4.79 Å². The molecule has 0 aliphatic heterocycles. The second-order valence-electron chi connectivity index (χ2n) is 3.20. The third-order valence-corrected chi connectivity index (χ3v) is 2.21. The average molecular weight is 305 g/mol. The summed E-state index contributed by atoms with van der Waals surface area (Å²) < 4.78 is 65.0. The number of carbonyl (C=O) groups is 1. The Balaban J connectivity index is 3.45. The predicted octanol–water partition coefficient (Wildman–Crippen LogP) is 2.76. The highest BCUT2D eigenvalue weighted by atomic mass is 35.5. The van der Waals surface area contributed by atoms with Crippen molar-refractivity contribution in [3.63, 3.8) is 0 Å². The van der Waals surface area contributed by atoms with Gasteiger partial charge in [-0.1, -0.05) is 0 Å². The fourth-order valence-electron chi connectivity index (χ4n) is 1.34. The number of hydrogen-bond acceptors (Lipinski definition) is 4. The monoisotopic (exact) mass is 304 g/mol. The first kappa shape index (κ1) is 15.6. The van der Waals surface area contributed by atoms with E-state index in [9.17, 15) is 26.7 Å². The van der Waals surface area contributed by atoms with Crippen LogP contribution in [-0.2, 0) is 6.54 Å². The quantitative estimate of drug-likeness (QED) is 0.686. The smallest absolute Gasteiger partial charge is 0.388 e. The number of pyridine rings is 1. The molecule has 2 N–H and O–H groups in total. The maximum absolute atomic E-state index is 12.6. The van der Waals surface area contributed by atoms with E-state index >= 15 is 0 Å². The third kappa shape index (κ3) is 3.74. The standard InChI is InChI=1S/C9H6ClF5N2O2/c10-6(18)5-3(1-16)8(19-9(13,14)15)17-2-4(5)7(11)12/h2,7H,1,16H2. The van der Waals surface area contributed by atoms with Gasteiger partial charge in [-0.2, -0.15) is 0 Å². The molecule has 106 valence electrons. The molecule has 10 heteroatoms. The highest BCUT2D eigenvalue weighted by molar-refractivity contribution is 6.68. The molecule has 0 bridgehead atoms. The number of nitrogens with zero attached hydrogens (tertiary/aromatic N) is 1. The second-order valence-corrected chi connectivity index (χ2v) is 3.54. The Bertz CT molecular complexity index is 492. The van der Waals surface area contributed by atoms with Crippen molar-refractivity contribution in [2.45, 2.75) is 19.3 Å². The molecule has 0 aliphatic carbocycles. The number of carbonyl (C=O) groups excluding carboxylic acids is 1. The lowest BCUT2D eigenvalue weighted by Crippen LogP contribution is -2.21. The molecule has 0 amide bonds. The number of alkyl halides is 5. The van der Waals surface area contributed by atoms with E-state index in [4.69, 9.17) is 17.3 Å². The van der Waals surface area contributed by atoms with E-state index in [1.165, 1.54) is 0 Å². The van der Waals surface area contributed by atoms with Crippen molar-refractivity contribution >= 4 is 16.8 Å². The van der Waals surface area contributed by atoms with Gasteiger partial charge in [-0.05, 0) is 11.6 Å². The number of ether oxygens (including phenoxy) is 1. The van der Waals surface area contributed by atoms with E-state index in [0.717, 1.165) is 0 Å². The number of rotatable bonds is 4. The predicted molar refractivity (Wildman–Crippen MR) is 54.0 cm³/mol. The molecule has 0 saturated heterocycles. The summed E-state index contributed by atoms with van der Waals surface area (Å²) in [5, 5.41) is -1.37. The molecule has 1 heterocycles. The molecule has 0 atom stereocenters. The summed E-state index contributed by atoms with van der Waals surface area (Å²) in [7, 11) is 0. The molecule has 0 aromatic carbocycles. The summed E-state index contributed by atoms with van der Waals surface area (Å²) in [6, 6.07) is 0. The van der Waals surface area contributed by atoms with Gasteiger partial charge in [0, 0.05) is 23.9 Å². The van der Waals surface area contributed by atoms with Crippen LogP contribution in [0.4, 0.5) is 22.0 Å². The maximum atomic E-state index is 12.6. The second kappa shape index (κ2) is 5.66. The number of hydrogen-bond donors (Lipinski definition) is 1. The topological polar surface area (TPSA) is 65.2 Å². The van der Waals surface area contributed by atoms with Gasteiger partial charge in [0.1, 0.15) is 0 Å². The number of nitrogens with two attached hydrogens (primary N) is 1. The number of aromatic nitrogens is 1. The fourth-order valence-corrected chi connectivity index (χ4v) is 1.56. The summed E-state index contributed by atoms with van der Waals surface area (Å²) in [6.07, 6.45) is -7.86. The third-order valence-electron chi connectivity index (χ3n) is 2.02. The van der Waals surface area contributed by atoms with Gasteiger partial charge < -0.3 is 10.5 Å². The van der Waals surface area contributed by atoms with Crippen LogP contribution in [0.1, 0.15) is 27.9 Å². The number of halogens is 6. The van der Waals surface area contributed by atoms with E-state index < -0.39 is 47.1 Å². The lowest BCUT2D eigenvalue weighted by Gasteiger charge is -2.15. The van der Waals surface area contributed by atoms with Crippen molar-refractivity contribution in [2.75, 3.05) is 0 Å². The zero-order valence-corrected chi connectivity index (χ0v) is 9.73. The Morgan fingerprint density at radius 2 is 2.05 bits per heavy atom. The molecule has 4 nitrogen and oxygen atoms in total. The first-order chi connectivity index (χ1) is 8.67. The molecule has 0 spiro atoms. The van der Waals surface area contributed by atoms with E-state index in [0.29, 0.717) is 6.20 Å². The van der Waals surface area contributed by atoms with E-state index in [1.807, 2.05) is 0 Å². The molecular formula is C9H6ClF5N2O2. The lowest BCUT2D eigenvalue weighted by molar-refractivity contribution is -0.276. The van der Waals surface area contributed by atoms with Crippen LogP contribution in [0, 0.1) is 0 Å². The summed E-state index contributed by atoms with van der Waals surface area (Å²) in [5.41, 5.74) is 2.77. The summed E-state index contributed by atoms with van der Waals surface area (Å²) >= 11 is 5.09. The van der Waals surface area contributed by atoms with Crippen molar-refractivity contribution in [3.8, 4) is 5.88 Å². The zero-order valence-electron chi connectivity index (χ0n) is 8.97. The minimum Gasteiger partial charge on any atom is -0.388 e. The molecule has 1 aromatic heterocycles. The SMILES string of the molecule is NCc1c(OC(F)(F)F)ncc(C(F)F)c1C(=O)Cl. The van der Waals surface area contributed by atoms with Crippen LogP contribution in [0.15, 0.2) is 6.20 Å². The Labute approximate surface area is 108 Å². The van der Waals surface area contributed by atoms with Gasteiger partial charge in [0.05, 0.1) is 5.56 Å². The van der Waals surface area contributed by atoms with Crippen molar-refractivity contribution in [3.05, 3.63) is 22.9 Å². The van der Waals surface area contributed by atoms with Crippen molar-refractivity contribution in [2.24, 2.45) is 5.73 Å². The van der Waals surface area contributed by atoms with Gasteiger partial charge in [-0.25, -0.2) is 13.8 Å². The van der Waals surface area contributed by atoms with Crippen LogP contribution in [0.3, 0.4) is 0 Å². The molecule has 1 rings (SSSR count). The Morgan fingerprint density at radius 3 is 2.42 bits per heavy atom. The molecule has 1 aromatic rings. The largest absolute Gasteiger partial charge is 0.574 e. The van der Waals surface area contributed by atoms with Gasteiger partial charge in [0.25, 0.3) is 11.7 Å². The van der Waals surface area contributed by atoms with Crippen LogP contribution in [0.5, 0.6) is 5.88 Å². The average Bonchev–Trinajstić information content (AvgIpc) is 2.25. The first-order valence-corrected chi connectivity index (χ1v) is 5.00. The first-order valence-electron chi connectivity index (χ1n) is 4.63. The van der Waals surface area contributed by atoms with E-state index in [2.05, 4.69) is 9.72 Å². The van der Waals surface area contributed by atoms with Crippen LogP contribution < -0.4 is 10.5 Å². The van der Waals surface area contributed by atoms with Crippen molar-refractivity contribution < 1.29 is 31.5 Å². The van der Waals surface area contributed by atoms with Crippen molar-refractivity contribution in [1.29, 1.82) is 0 Å². The highest BCUT2D eigenvalue weighted by Gasteiger charge is 2.34. The van der Waals surface area contributed by atoms with Crippen LogP contribution in [0.2, 0.25) is 0 Å². The summed E-state index contributed by atoms with van der Waals surface area (Å²) in [4.78, 5) is 14.2. The van der Waals surface area contributed by atoms with Gasteiger partial charge in [0.15, 0.2) is 0 Å². The molecule has 19 heavy (non-hydrogen) atoms. The molecule has 0 saturated carbocycles. The van der Waals surface area contributed by atoms with Gasteiger partial charge in [0.2, 0.25) is 5.88 Å². The fraction of sp³-hybridized carbons (Fsp3) is 0.333. The van der Waals surface area contributed by atoms with E-state index in [-0.39, 0.29) is 0 Å². The van der Waals surface area contributed by atoms with Gasteiger partial charge in [-0.15, -0.1) is 13.2 Å². The maximum Gasteiger partial charge on any atom is 0.574 e. The summed E-state index contributed by atoms with van der Waals surface area (Å²) in [6.45, 7) is -0.674. The minimum atomic E-state index is -5.10. The molecule has 0 fully saturated rings. The minimum absolute atomic E-state index is 0.389. The molecule has 0 radical (unpaired) electrons. The van der Waals surface area contributed by atoms with Gasteiger partial charge >= 0.3 is 6.36 Å². The highest BCUT2D eigenvalue weighted by Crippen LogP contribution is 2.32. The molecular weight excluding hydrogens is 299 g/mol. The zero-order chi connectivity index (χ0) is 14.8. The Hall–Kier alpha value is -1.48. The summed E-state index contributed by atoms with van der Waals surface area (Å²) in [5.74, 6) is -1.08. The molecule has 0 aliphatic rings. The Morgan fingerprint density at radius 1 is 1.47 bits per heavy atom. The lowest BCUT2D eigenvalue weighted by atomic mass is 10.1.